The number of hydrogen-bond acceptors (Lipinski definition) is 5. The Morgan fingerprint density at radius 2 is 1.80 bits per heavy atom. The molecule has 2 amide bonds. The molecule has 0 fully saturated rings. The lowest BCUT2D eigenvalue weighted by molar-refractivity contribution is -0.117. The van der Waals surface area contributed by atoms with Crippen LogP contribution in [-0.2, 0) is 11.3 Å². The van der Waals surface area contributed by atoms with E-state index in [1.54, 1.807) is 75.2 Å². The number of carbonyl (C=O) groups excluding carboxylic acids is 2. The Balaban J connectivity index is 1.64. The Morgan fingerprint density at radius 1 is 1.02 bits per heavy atom. The second kappa shape index (κ2) is 12.2. The zero-order chi connectivity index (χ0) is 31.7. The second-order valence-electron chi connectivity index (χ2n) is 10.8. The lowest BCUT2D eigenvalue weighted by Gasteiger charge is -2.17. The van der Waals surface area contributed by atoms with Gasteiger partial charge in [-0.15, -0.1) is 0 Å². The van der Waals surface area contributed by atoms with E-state index < -0.39 is 23.3 Å². The van der Waals surface area contributed by atoms with Crippen LogP contribution < -0.4 is 16.2 Å². The third-order valence-corrected chi connectivity index (χ3v) is 7.43. The monoisotopic (exact) mass is 598 g/mol. The van der Waals surface area contributed by atoms with Crippen molar-refractivity contribution >= 4 is 28.4 Å². The largest absolute Gasteiger partial charge is 0.345 e. The molecule has 0 bridgehead atoms. The molecule has 226 valence electrons. The fourth-order valence-electron chi connectivity index (χ4n) is 5.00. The van der Waals surface area contributed by atoms with Crippen LogP contribution in [0.25, 0.3) is 28.0 Å². The Kier molecular flexibility index (Phi) is 8.41. The highest BCUT2D eigenvalue weighted by atomic mass is 19.1. The lowest BCUT2D eigenvalue weighted by atomic mass is 10.1. The van der Waals surface area contributed by atoms with Crippen molar-refractivity contribution in [3.05, 3.63) is 112 Å². The van der Waals surface area contributed by atoms with Crippen LogP contribution in [0.4, 0.5) is 14.5 Å². The number of anilines is 1. The van der Waals surface area contributed by atoms with Gasteiger partial charge in [-0.1, -0.05) is 12.1 Å². The summed E-state index contributed by atoms with van der Waals surface area (Å²) in [5.74, 6) is -1.33. The molecule has 0 aliphatic carbocycles. The highest BCUT2D eigenvalue weighted by molar-refractivity contribution is 5.95. The molecule has 0 saturated carbocycles. The van der Waals surface area contributed by atoms with E-state index in [4.69, 9.17) is 0 Å². The first kappa shape index (κ1) is 30.3. The summed E-state index contributed by atoms with van der Waals surface area (Å²) in [6, 6.07) is 15.0. The third kappa shape index (κ3) is 6.00. The predicted octanol–water partition coefficient (Wildman–Crippen LogP) is 4.74. The average Bonchev–Trinajstić information content (AvgIpc) is 3.33. The van der Waals surface area contributed by atoms with Crippen molar-refractivity contribution in [3.63, 3.8) is 0 Å². The molecule has 2 N–H and O–H groups in total. The Hall–Kier alpha value is -5.16. The SMILES string of the molecule is CNC(C)C(=O)Nc1cnc(-c2cccc(C(=O)N(C)C)c2)n(Cc2cc(F)cc(-n3cc(C)c4cc(F)ccc43)c2)c1=O. The van der Waals surface area contributed by atoms with Crippen molar-refractivity contribution in [2.45, 2.75) is 26.4 Å². The van der Waals surface area contributed by atoms with Crippen molar-refractivity contribution in [3.8, 4) is 17.1 Å². The van der Waals surface area contributed by atoms with Gasteiger partial charge in [-0.05, 0) is 80.6 Å². The van der Waals surface area contributed by atoms with Crippen LogP contribution >= 0.6 is 0 Å². The molecule has 9 nitrogen and oxygen atoms in total. The van der Waals surface area contributed by atoms with Crippen LogP contribution in [0.15, 0.2) is 77.9 Å². The maximum absolute atomic E-state index is 15.1. The van der Waals surface area contributed by atoms with Gasteiger partial charge in [-0.25, -0.2) is 13.8 Å². The Bertz CT molecular complexity index is 1960. The standard InChI is InChI=1S/C33H32F2N6O3/c1-19-17-40(29-10-9-24(34)15-27(19)29)26-12-21(11-25(35)14-26)18-41-30(22-7-6-8-23(13-22)32(43)39(4)5)37-16-28(33(41)44)38-31(42)20(2)36-3/h6-17,20,36H,18H2,1-5H3,(H,38,42). The zero-order valence-corrected chi connectivity index (χ0v) is 25.0. The van der Waals surface area contributed by atoms with Crippen molar-refractivity contribution in [2.24, 2.45) is 0 Å². The summed E-state index contributed by atoms with van der Waals surface area (Å²) in [6.45, 7) is 3.40. The quantitative estimate of drug-likeness (QED) is 0.269. The van der Waals surface area contributed by atoms with Crippen LogP contribution in [0.2, 0.25) is 0 Å². The van der Waals surface area contributed by atoms with Crippen molar-refractivity contribution < 1.29 is 18.4 Å². The maximum atomic E-state index is 15.1. The predicted molar refractivity (Wildman–Crippen MR) is 166 cm³/mol. The molecule has 0 saturated heterocycles. The van der Waals surface area contributed by atoms with Gasteiger partial charge in [-0.2, -0.15) is 0 Å². The summed E-state index contributed by atoms with van der Waals surface area (Å²) in [7, 11) is 4.90. The first-order chi connectivity index (χ1) is 21.0. The van der Waals surface area contributed by atoms with Gasteiger partial charge in [0.1, 0.15) is 23.1 Å². The van der Waals surface area contributed by atoms with Crippen molar-refractivity contribution in [2.75, 3.05) is 26.5 Å². The minimum absolute atomic E-state index is 0.0490. The minimum Gasteiger partial charge on any atom is -0.345 e. The van der Waals surface area contributed by atoms with E-state index in [9.17, 15) is 18.8 Å². The molecular weight excluding hydrogens is 566 g/mol. The van der Waals surface area contributed by atoms with E-state index in [-0.39, 0.29) is 29.8 Å². The van der Waals surface area contributed by atoms with Gasteiger partial charge in [0.25, 0.3) is 11.5 Å². The van der Waals surface area contributed by atoms with E-state index in [1.807, 2.05) is 6.92 Å². The fraction of sp³-hybridized carbons (Fsp3) is 0.212. The van der Waals surface area contributed by atoms with E-state index in [0.717, 1.165) is 5.56 Å². The van der Waals surface area contributed by atoms with Crippen LogP contribution in [0.5, 0.6) is 0 Å². The number of hydrogen-bond donors (Lipinski definition) is 2. The Morgan fingerprint density at radius 3 is 2.52 bits per heavy atom. The van der Waals surface area contributed by atoms with E-state index >= 15 is 4.39 Å². The van der Waals surface area contributed by atoms with Crippen molar-refractivity contribution in [1.82, 2.24) is 24.3 Å². The second-order valence-corrected chi connectivity index (χ2v) is 10.8. The number of likely N-dealkylation sites (N-methyl/N-ethyl adjacent to an activating group) is 1. The molecule has 0 radical (unpaired) electrons. The maximum Gasteiger partial charge on any atom is 0.277 e. The smallest absolute Gasteiger partial charge is 0.277 e. The average molecular weight is 599 g/mol. The number of fused-ring (bicyclic) bond motifs is 1. The number of nitrogens with zero attached hydrogens (tertiary/aromatic N) is 4. The van der Waals surface area contributed by atoms with Crippen LogP contribution in [0.1, 0.15) is 28.4 Å². The summed E-state index contributed by atoms with van der Waals surface area (Å²) in [5, 5.41) is 6.14. The molecule has 1 unspecified atom stereocenters. The fourth-order valence-corrected chi connectivity index (χ4v) is 5.00. The van der Waals surface area contributed by atoms with E-state index in [2.05, 4.69) is 15.6 Å². The minimum atomic E-state index is -0.574. The summed E-state index contributed by atoms with van der Waals surface area (Å²) in [4.78, 5) is 45.1. The highest BCUT2D eigenvalue weighted by Gasteiger charge is 2.19. The third-order valence-electron chi connectivity index (χ3n) is 7.43. The number of halogens is 2. The number of aryl methyl sites for hydroxylation is 1. The summed E-state index contributed by atoms with van der Waals surface area (Å²) in [5.41, 5.74) is 2.73. The molecule has 2 aromatic heterocycles. The molecule has 0 aliphatic rings. The molecule has 0 aliphatic heterocycles. The number of rotatable bonds is 8. The van der Waals surface area contributed by atoms with Crippen molar-refractivity contribution in [1.29, 1.82) is 0 Å². The normalized spacial score (nSPS) is 11.9. The van der Waals surface area contributed by atoms with Gasteiger partial charge in [0.05, 0.1) is 24.3 Å². The molecule has 3 aromatic carbocycles. The number of nitrogens with one attached hydrogen (secondary N) is 2. The molecule has 11 heteroatoms. The van der Waals surface area contributed by atoms with Gasteiger partial charge < -0.3 is 20.1 Å². The number of carbonyl (C=O) groups is 2. The molecule has 5 aromatic rings. The highest BCUT2D eigenvalue weighted by Crippen LogP contribution is 2.27. The summed E-state index contributed by atoms with van der Waals surface area (Å²) >= 11 is 0. The summed E-state index contributed by atoms with van der Waals surface area (Å²) in [6.07, 6.45) is 3.08. The number of aromatic nitrogens is 3. The Labute approximate surface area is 252 Å². The summed E-state index contributed by atoms with van der Waals surface area (Å²) < 4.78 is 32.2. The molecule has 44 heavy (non-hydrogen) atoms. The van der Waals surface area contributed by atoms with E-state index in [0.29, 0.717) is 33.3 Å². The molecule has 2 heterocycles. The van der Waals surface area contributed by atoms with Crippen LogP contribution in [0, 0.1) is 18.6 Å². The van der Waals surface area contributed by atoms with Gasteiger partial charge in [0.15, 0.2) is 0 Å². The number of amides is 2. The van der Waals surface area contributed by atoms with Gasteiger partial charge in [-0.3, -0.25) is 19.0 Å². The van der Waals surface area contributed by atoms with Gasteiger partial charge in [0, 0.05) is 42.5 Å². The molecular formula is C33H32F2N6O3. The molecule has 5 rings (SSSR count). The van der Waals surface area contributed by atoms with Crippen LogP contribution in [-0.4, -0.2) is 58.0 Å². The topological polar surface area (TPSA) is 101 Å². The van der Waals surface area contributed by atoms with Crippen LogP contribution in [0.3, 0.4) is 0 Å². The first-order valence-electron chi connectivity index (χ1n) is 13.9. The van der Waals surface area contributed by atoms with E-state index in [1.165, 1.54) is 39.9 Å². The zero-order valence-electron chi connectivity index (χ0n) is 25.0. The lowest BCUT2D eigenvalue weighted by Crippen LogP contribution is -2.38. The first-order valence-corrected chi connectivity index (χ1v) is 13.9. The van der Waals surface area contributed by atoms with Gasteiger partial charge >= 0.3 is 0 Å². The molecule has 0 spiro atoms. The number of benzene rings is 3. The molecule has 1 atom stereocenters. The van der Waals surface area contributed by atoms with Gasteiger partial charge in [0.2, 0.25) is 5.91 Å².